The fourth-order valence-corrected chi connectivity index (χ4v) is 0.542. The summed E-state index contributed by atoms with van der Waals surface area (Å²) in [6, 6.07) is 0. The van der Waals surface area contributed by atoms with E-state index in [4.69, 9.17) is 0 Å². The summed E-state index contributed by atoms with van der Waals surface area (Å²) in [4.78, 5) is 21.2. The number of carbonyl (C=O) groups excluding carboxylic acids is 2. The third-order valence-corrected chi connectivity index (χ3v) is 0.899. The molecule has 0 aliphatic rings. The topological polar surface area (TPSA) is 52.6 Å². The average Bonchev–Trinajstić information content (AvgIpc) is 1.87. The van der Waals surface area contributed by atoms with E-state index >= 15 is 0 Å². The minimum absolute atomic E-state index is 0. The largest absolute Gasteiger partial charge is 0.466 e. The van der Waals surface area contributed by atoms with Gasteiger partial charge in [0.05, 0.1) is 13.2 Å². The van der Waals surface area contributed by atoms with Crippen LogP contribution in [-0.2, 0) is 19.1 Å². The molecule has 0 aromatic rings. The van der Waals surface area contributed by atoms with Gasteiger partial charge in [0, 0.05) is 23.9 Å². The van der Waals surface area contributed by atoms with Crippen molar-refractivity contribution in [1.29, 1.82) is 0 Å². The van der Waals surface area contributed by atoms with Crippen molar-refractivity contribution < 1.29 is 19.1 Å². The summed E-state index contributed by atoms with van der Waals surface area (Å²) in [6.45, 7) is 3.95. The minimum atomic E-state index is -0.536. The third-order valence-electron chi connectivity index (χ3n) is 0.899. The summed E-state index contributed by atoms with van der Waals surface area (Å²) >= 11 is 0. The second-order valence-electron chi connectivity index (χ2n) is 1.79. The molecule has 0 aliphatic heterocycles. The summed E-state index contributed by atoms with van der Waals surface area (Å²) in [7, 11) is 0. The molecule has 0 unspecified atom stereocenters. The molecule has 4 radical (unpaired) electrons. The van der Waals surface area contributed by atoms with E-state index in [1.54, 1.807) is 13.8 Å². The van der Waals surface area contributed by atoms with Gasteiger partial charge in [-0.05, 0) is 13.8 Å². The molecule has 0 aliphatic carbocycles. The first kappa shape index (κ1) is 14.3. The van der Waals surface area contributed by atoms with Crippen molar-refractivity contribution in [3.63, 3.8) is 0 Å². The number of hydrogen-bond acceptors (Lipinski definition) is 4. The van der Waals surface area contributed by atoms with E-state index in [1.165, 1.54) is 0 Å². The molecule has 0 aromatic heterocycles. The summed E-state index contributed by atoms with van der Waals surface area (Å²) in [5, 5.41) is 0. The standard InChI is InChI=1S/C7H12O4.Sn/c1-3-10-6(8)5-7(9)11-4-2;/h3-5H2,1-2H3;. The summed E-state index contributed by atoms with van der Waals surface area (Å²) in [6.07, 6.45) is -0.290. The van der Waals surface area contributed by atoms with Crippen LogP contribution in [0.5, 0.6) is 0 Å². The van der Waals surface area contributed by atoms with E-state index in [0.29, 0.717) is 0 Å². The Morgan fingerprint density at radius 2 is 1.33 bits per heavy atom. The molecule has 0 aromatic carbocycles. The Balaban J connectivity index is 0. The molecule has 5 heteroatoms. The molecule has 0 fully saturated rings. The SMILES string of the molecule is CCOC(=O)CC(=O)OCC.[Sn]. The number of carbonyl (C=O) groups is 2. The number of ether oxygens (including phenoxy) is 2. The van der Waals surface area contributed by atoms with Gasteiger partial charge in [0.2, 0.25) is 0 Å². The van der Waals surface area contributed by atoms with Crippen LogP contribution in [0.2, 0.25) is 0 Å². The first-order valence-corrected chi connectivity index (χ1v) is 3.52. The molecular weight excluding hydrogens is 267 g/mol. The monoisotopic (exact) mass is 280 g/mol. The maximum Gasteiger partial charge on any atom is 0.317 e. The molecular formula is C7H12O4Sn. The van der Waals surface area contributed by atoms with Crippen molar-refractivity contribution in [2.24, 2.45) is 0 Å². The smallest absolute Gasteiger partial charge is 0.317 e. The average molecular weight is 279 g/mol. The van der Waals surface area contributed by atoms with Gasteiger partial charge in [0.15, 0.2) is 0 Å². The molecule has 68 valence electrons. The van der Waals surface area contributed by atoms with Crippen LogP contribution in [0.4, 0.5) is 0 Å². The maximum absolute atomic E-state index is 10.6. The molecule has 0 amide bonds. The van der Waals surface area contributed by atoms with Gasteiger partial charge in [-0.2, -0.15) is 0 Å². The van der Waals surface area contributed by atoms with Gasteiger partial charge in [0.1, 0.15) is 6.42 Å². The van der Waals surface area contributed by atoms with Gasteiger partial charge in [0.25, 0.3) is 0 Å². The Labute approximate surface area is 88.6 Å². The van der Waals surface area contributed by atoms with E-state index in [1.807, 2.05) is 0 Å². The van der Waals surface area contributed by atoms with E-state index in [2.05, 4.69) is 9.47 Å². The normalized spacial score (nSPS) is 8.17. The van der Waals surface area contributed by atoms with Gasteiger partial charge >= 0.3 is 11.9 Å². The Bertz CT molecular complexity index is 130. The summed E-state index contributed by atoms with van der Waals surface area (Å²) in [5.41, 5.74) is 0. The Morgan fingerprint density at radius 1 is 1.00 bits per heavy atom. The van der Waals surface area contributed by atoms with Crippen molar-refractivity contribution in [2.75, 3.05) is 13.2 Å². The minimum Gasteiger partial charge on any atom is -0.466 e. The van der Waals surface area contributed by atoms with Crippen LogP contribution in [-0.4, -0.2) is 49.1 Å². The molecule has 0 rings (SSSR count). The van der Waals surface area contributed by atoms with Crippen LogP contribution in [0.15, 0.2) is 0 Å². The van der Waals surface area contributed by atoms with Crippen molar-refractivity contribution >= 4 is 35.8 Å². The van der Waals surface area contributed by atoms with E-state index in [0.717, 1.165) is 0 Å². The number of rotatable bonds is 4. The molecule has 0 saturated carbocycles. The molecule has 0 N–H and O–H groups in total. The van der Waals surface area contributed by atoms with E-state index in [-0.39, 0.29) is 43.5 Å². The fourth-order valence-electron chi connectivity index (χ4n) is 0.542. The predicted molar refractivity (Wildman–Crippen MR) is 43.6 cm³/mol. The van der Waals surface area contributed by atoms with Gasteiger partial charge in [-0.25, -0.2) is 0 Å². The van der Waals surface area contributed by atoms with Crippen molar-refractivity contribution in [2.45, 2.75) is 20.3 Å². The van der Waals surface area contributed by atoms with Crippen molar-refractivity contribution in [3.05, 3.63) is 0 Å². The molecule has 4 nitrogen and oxygen atoms in total. The molecule has 0 heterocycles. The van der Waals surface area contributed by atoms with Gasteiger partial charge in [-0.3, -0.25) is 9.59 Å². The predicted octanol–water partition coefficient (Wildman–Crippen LogP) is 0.122. The van der Waals surface area contributed by atoms with Crippen LogP contribution >= 0.6 is 0 Å². The second-order valence-corrected chi connectivity index (χ2v) is 1.79. The quantitative estimate of drug-likeness (QED) is 0.417. The molecule has 0 saturated heterocycles. The number of hydrogen-bond donors (Lipinski definition) is 0. The molecule has 0 spiro atoms. The van der Waals surface area contributed by atoms with Crippen LogP contribution in [0.3, 0.4) is 0 Å². The summed E-state index contributed by atoms with van der Waals surface area (Å²) in [5.74, 6) is -1.07. The molecule has 0 atom stereocenters. The van der Waals surface area contributed by atoms with Crippen molar-refractivity contribution in [1.82, 2.24) is 0 Å². The van der Waals surface area contributed by atoms with E-state index < -0.39 is 11.9 Å². The van der Waals surface area contributed by atoms with Gasteiger partial charge < -0.3 is 9.47 Å². The third kappa shape index (κ3) is 7.84. The zero-order valence-corrected chi connectivity index (χ0v) is 10.1. The first-order valence-electron chi connectivity index (χ1n) is 3.52. The zero-order valence-electron chi connectivity index (χ0n) is 7.25. The summed E-state index contributed by atoms with van der Waals surface area (Å²) < 4.78 is 9.04. The fraction of sp³-hybridized carbons (Fsp3) is 0.714. The molecule has 12 heavy (non-hydrogen) atoms. The molecule has 0 bridgehead atoms. The Morgan fingerprint density at radius 3 is 1.58 bits per heavy atom. The second kappa shape index (κ2) is 8.83. The van der Waals surface area contributed by atoms with Gasteiger partial charge in [-0.1, -0.05) is 0 Å². The van der Waals surface area contributed by atoms with Crippen LogP contribution in [0.1, 0.15) is 20.3 Å². The Hall–Kier alpha value is -0.261. The van der Waals surface area contributed by atoms with Gasteiger partial charge in [-0.15, -0.1) is 0 Å². The van der Waals surface area contributed by atoms with Crippen LogP contribution in [0, 0.1) is 0 Å². The van der Waals surface area contributed by atoms with Crippen LogP contribution < -0.4 is 0 Å². The van der Waals surface area contributed by atoms with Crippen LogP contribution in [0.25, 0.3) is 0 Å². The van der Waals surface area contributed by atoms with E-state index in [9.17, 15) is 9.59 Å². The number of esters is 2. The zero-order chi connectivity index (χ0) is 8.69. The first-order chi connectivity index (χ1) is 5.20. The Kier molecular flexibility index (Phi) is 10.5. The van der Waals surface area contributed by atoms with Crippen molar-refractivity contribution in [3.8, 4) is 0 Å². The maximum atomic E-state index is 10.6.